The summed E-state index contributed by atoms with van der Waals surface area (Å²) in [5, 5.41) is 0.625. The van der Waals surface area contributed by atoms with Crippen molar-refractivity contribution in [2.45, 2.75) is 27.7 Å². The van der Waals surface area contributed by atoms with Crippen molar-refractivity contribution in [3.63, 3.8) is 0 Å². The van der Waals surface area contributed by atoms with Crippen LogP contribution >= 0.6 is 11.6 Å². The number of hydrogen-bond acceptors (Lipinski definition) is 1. The van der Waals surface area contributed by atoms with Crippen LogP contribution in [-0.2, 0) is 0 Å². The fraction of sp³-hybridized carbons (Fsp3) is 0.462. The molecule has 1 aromatic carbocycles. The Balaban J connectivity index is 3.05. The molecule has 0 fully saturated rings. The van der Waals surface area contributed by atoms with Gasteiger partial charge in [-0.2, -0.15) is 0 Å². The highest BCUT2D eigenvalue weighted by Gasteiger charge is 2.19. The van der Waals surface area contributed by atoms with Crippen molar-refractivity contribution in [1.82, 2.24) is 0 Å². The quantitative estimate of drug-likeness (QED) is 0.706. The SMILES string of the molecule is Cc1ccc(Cl)cc1C(=O)C(C)C(C)C. The van der Waals surface area contributed by atoms with Crippen LogP contribution in [0.25, 0.3) is 0 Å². The van der Waals surface area contributed by atoms with Crippen molar-refractivity contribution in [1.29, 1.82) is 0 Å². The first-order valence-corrected chi connectivity index (χ1v) is 5.61. The predicted molar refractivity (Wildman–Crippen MR) is 64.5 cm³/mol. The largest absolute Gasteiger partial charge is 0.294 e. The van der Waals surface area contributed by atoms with E-state index in [0.29, 0.717) is 10.9 Å². The molecule has 0 bridgehead atoms. The molecular formula is C13H17ClO. The van der Waals surface area contributed by atoms with Crippen LogP contribution < -0.4 is 0 Å². The summed E-state index contributed by atoms with van der Waals surface area (Å²) in [5.74, 6) is 0.586. The molecule has 0 aliphatic rings. The van der Waals surface area contributed by atoms with E-state index in [2.05, 4.69) is 13.8 Å². The smallest absolute Gasteiger partial charge is 0.166 e. The van der Waals surface area contributed by atoms with E-state index in [4.69, 9.17) is 11.6 Å². The van der Waals surface area contributed by atoms with Gasteiger partial charge in [-0.3, -0.25) is 4.79 Å². The number of Topliss-reactive ketones (excluding diaryl/α,β-unsaturated/α-hetero) is 1. The third-order valence-electron chi connectivity index (χ3n) is 2.88. The summed E-state index contributed by atoms with van der Waals surface area (Å²) < 4.78 is 0. The van der Waals surface area contributed by atoms with E-state index in [1.807, 2.05) is 26.0 Å². The minimum Gasteiger partial charge on any atom is -0.294 e. The fourth-order valence-corrected chi connectivity index (χ4v) is 1.58. The van der Waals surface area contributed by atoms with Crippen molar-refractivity contribution in [3.05, 3.63) is 34.3 Å². The second kappa shape index (κ2) is 4.80. The van der Waals surface area contributed by atoms with E-state index in [9.17, 15) is 4.79 Å². The van der Waals surface area contributed by atoms with Crippen LogP contribution in [0.15, 0.2) is 18.2 Å². The van der Waals surface area contributed by atoms with Gasteiger partial charge in [-0.15, -0.1) is 0 Å². The van der Waals surface area contributed by atoms with Gasteiger partial charge in [0.1, 0.15) is 0 Å². The van der Waals surface area contributed by atoms with Crippen molar-refractivity contribution in [2.24, 2.45) is 11.8 Å². The minimum atomic E-state index is 0.0437. The monoisotopic (exact) mass is 224 g/mol. The molecule has 1 rings (SSSR count). The van der Waals surface area contributed by atoms with Crippen LogP contribution in [0.5, 0.6) is 0 Å². The number of rotatable bonds is 3. The maximum atomic E-state index is 12.1. The summed E-state index contributed by atoms with van der Waals surface area (Å²) in [6, 6.07) is 5.47. The molecule has 0 aliphatic heterocycles. The fourth-order valence-electron chi connectivity index (χ4n) is 1.41. The molecule has 82 valence electrons. The Bertz CT molecular complexity index is 369. The van der Waals surface area contributed by atoms with E-state index in [0.717, 1.165) is 11.1 Å². The van der Waals surface area contributed by atoms with Crippen molar-refractivity contribution in [2.75, 3.05) is 0 Å². The lowest BCUT2D eigenvalue weighted by atomic mass is 9.88. The summed E-state index contributed by atoms with van der Waals surface area (Å²) in [6.45, 7) is 8.02. The molecule has 0 aliphatic carbocycles. The molecular weight excluding hydrogens is 208 g/mol. The summed E-state index contributed by atoms with van der Waals surface area (Å²) in [5.41, 5.74) is 1.75. The number of halogens is 1. The third kappa shape index (κ3) is 2.82. The van der Waals surface area contributed by atoms with Crippen molar-refractivity contribution in [3.8, 4) is 0 Å². The third-order valence-corrected chi connectivity index (χ3v) is 3.11. The molecule has 1 atom stereocenters. The molecule has 0 amide bonds. The van der Waals surface area contributed by atoms with Crippen molar-refractivity contribution >= 4 is 17.4 Å². The summed E-state index contributed by atoms with van der Waals surface area (Å²) >= 11 is 5.89. The van der Waals surface area contributed by atoms with Gasteiger partial charge in [-0.05, 0) is 30.5 Å². The Hall–Kier alpha value is -0.820. The lowest BCUT2D eigenvalue weighted by Gasteiger charge is -2.15. The molecule has 1 unspecified atom stereocenters. The summed E-state index contributed by atoms with van der Waals surface area (Å²) in [6.07, 6.45) is 0. The number of aryl methyl sites for hydroxylation is 1. The Morgan fingerprint density at radius 3 is 2.40 bits per heavy atom. The Morgan fingerprint density at radius 1 is 1.27 bits per heavy atom. The normalized spacial score (nSPS) is 12.9. The van der Waals surface area contributed by atoms with Gasteiger partial charge in [0.2, 0.25) is 0 Å². The first-order chi connectivity index (χ1) is 6.93. The Labute approximate surface area is 96.5 Å². The minimum absolute atomic E-state index is 0.0437. The highest BCUT2D eigenvalue weighted by molar-refractivity contribution is 6.31. The molecule has 15 heavy (non-hydrogen) atoms. The van der Waals surface area contributed by atoms with Gasteiger partial charge in [0.15, 0.2) is 5.78 Å². The molecule has 0 aromatic heterocycles. The molecule has 0 N–H and O–H groups in total. The van der Waals surface area contributed by atoms with Crippen LogP contribution in [0.2, 0.25) is 5.02 Å². The molecule has 0 radical (unpaired) electrons. The second-order valence-corrected chi connectivity index (χ2v) is 4.79. The Kier molecular flexibility index (Phi) is 3.92. The topological polar surface area (TPSA) is 17.1 Å². The predicted octanol–water partition coefficient (Wildman–Crippen LogP) is 4.12. The highest BCUT2D eigenvalue weighted by Crippen LogP contribution is 2.22. The molecule has 0 saturated carbocycles. The van der Waals surface area contributed by atoms with Crippen LogP contribution in [0.3, 0.4) is 0 Å². The maximum Gasteiger partial charge on any atom is 0.166 e. The summed E-state index contributed by atoms with van der Waals surface area (Å²) in [4.78, 5) is 12.1. The van der Waals surface area contributed by atoms with Crippen LogP contribution in [0.4, 0.5) is 0 Å². The van der Waals surface area contributed by atoms with Gasteiger partial charge < -0.3 is 0 Å². The van der Waals surface area contributed by atoms with Crippen LogP contribution in [0, 0.1) is 18.8 Å². The molecule has 2 heteroatoms. The molecule has 0 spiro atoms. The number of carbonyl (C=O) groups excluding carboxylic acids is 1. The van der Waals surface area contributed by atoms with Gasteiger partial charge in [0, 0.05) is 16.5 Å². The lowest BCUT2D eigenvalue weighted by Crippen LogP contribution is -2.17. The number of benzene rings is 1. The zero-order valence-electron chi connectivity index (χ0n) is 9.67. The summed E-state index contributed by atoms with van der Waals surface area (Å²) in [7, 11) is 0. The number of ketones is 1. The van der Waals surface area contributed by atoms with Gasteiger partial charge >= 0.3 is 0 Å². The van der Waals surface area contributed by atoms with Gasteiger partial charge in [0.25, 0.3) is 0 Å². The van der Waals surface area contributed by atoms with Crippen LogP contribution in [-0.4, -0.2) is 5.78 Å². The van der Waals surface area contributed by atoms with E-state index in [-0.39, 0.29) is 11.7 Å². The molecule has 1 nitrogen and oxygen atoms in total. The molecule has 0 heterocycles. The van der Waals surface area contributed by atoms with Crippen molar-refractivity contribution < 1.29 is 4.79 Å². The second-order valence-electron chi connectivity index (χ2n) is 4.36. The first kappa shape index (κ1) is 12.3. The molecule has 1 aromatic rings. The van der Waals surface area contributed by atoms with Gasteiger partial charge in [-0.25, -0.2) is 0 Å². The Morgan fingerprint density at radius 2 is 1.87 bits per heavy atom. The van der Waals surface area contributed by atoms with E-state index < -0.39 is 0 Å². The van der Waals surface area contributed by atoms with Gasteiger partial charge in [0.05, 0.1) is 0 Å². The molecule has 0 saturated heterocycles. The zero-order chi connectivity index (χ0) is 11.6. The number of hydrogen-bond donors (Lipinski definition) is 0. The van der Waals surface area contributed by atoms with E-state index in [1.54, 1.807) is 6.07 Å². The van der Waals surface area contributed by atoms with Gasteiger partial charge in [-0.1, -0.05) is 38.4 Å². The van der Waals surface area contributed by atoms with Crippen LogP contribution in [0.1, 0.15) is 36.7 Å². The highest BCUT2D eigenvalue weighted by atomic mass is 35.5. The maximum absolute atomic E-state index is 12.1. The van der Waals surface area contributed by atoms with E-state index >= 15 is 0 Å². The standard InChI is InChI=1S/C13H17ClO/c1-8(2)10(4)13(15)12-7-11(14)6-5-9(12)3/h5-8,10H,1-4H3. The van der Waals surface area contributed by atoms with E-state index in [1.165, 1.54) is 0 Å². The average Bonchev–Trinajstić information content (AvgIpc) is 2.19. The average molecular weight is 225 g/mol. The lowest BCUT2D eigenvalue weighted by molar-refractivity contribution is 0.0899. The first-order valence-electron chi connectivity index (χ1n) is 5.24. The zero-order valence-corrected chi connectivity index (χ0v) is 10.4. The number of carbonyl (C=O) groups is 1.